The second-order valence-electron chi connectivity index (χ2n) is 8.87. The second kappa shape index (κ2) is 9.92. The molecule has 1 fully saturated rings. The fraction of sp³-hybridized carbons (Fsp3) is 0.296. The van der Waals surface area contributed by atoms with E-state index in [1.54, 1.807) is 11.7 Å². The number of carbonyl (C=O) groups excluding carboxylic acids is 1. The molecule has 7 nitrogen and oxygen atoms in total. The monoisotopic (exact) mass is 488 g/mol. The first-order chi connectivity index (χ1) is 17.0. The van der Waals surface area contributed by atoms with Gasteiger partial charge in [-0.2, -0.15) is 0 Å². The zero-order chi connectivity index (χ0) is 24.4. The number of ether oxygens (including phenoxy) is 1. The number of hydrogen-bond donors (Lipinski definition) is 1. The van der Waals surface area contributed by atoms with Gasteiger partial charge in [0.15, 0.2) is 0 Å². The van der Waals surface area contributed by atoms with Gasteiger partial charge < -0.3 is 15.0 Å². The highest BCUT2D eigenvalue weighted by Gasteiger charge is 2.29. The van der Waals surface area contributed by atoms with Gasteiger partial charge in [0.2, 0.25) is 11.9 Å². The number of piperidine rings is 1. The standard InChI is InChI=1S/C27H28N4O3S/c1-18-5-9-21(10-6-18)31-26(33)24-23(13-15-35-24)29-27(31)30-14-3-4-20(17-30)25(32)28-16-19-7-11-22(34-2)12-8-19/h5-13,15,20H,3-4,14,16-17H2,1-2H3,(H,28,32)/t20-/m0/s1. The Balaban J connectivity index is 1.39. The summed E-state index contributed by atoms with van der Waals surface area (Å²) in [5.74, 6) is 1.23. The molecule has 1 atom stereocenters. The van der Waals surface area contributed by atoms with E-state index in [0.717, 1.165) is 42.0 Å². The molecule has 0 spiro atoms. The molecular formula is C27H28N4O3S. The predicted molar refractivity (Wildman–Crippen MR) is 140 cm³/mol. The van der Waals surface area contributed by atoms with Crippen molar-refractivity contribution in [3.05, 3.63) is 81.5 Å². The third-order valence-corrected chi connectivity index (χ3v) is 7.35. The first-order valence-electron chi connectivity index (χ1n) is 11.8. The Labute approximate surface area is 208 Å². The quantitative estimate of drug-likeness (QED) is 0.438. The van der Waals surface area contributed by atoms with Crippen LogP contribution in [-0.4, -0.2) is 35.7 Å². The summed E-state index contributed by atoms with van der Waals surface area (Å²) in [6.45, 7) is 3.75. The first-order valence-corrected chi connectivity index (χ1v) is 12.6. The van der Waals surface area contributed by atoms with Crippen molar-refractivity contribution < 1.29 is 9.53 Å². The topological polar surface area (TPSA) is 76.5 Å². The van der Waals surface area contributed by atoms with Gasteiger partial charge in [0.1, 0.15) is 10.4 Å². The highest BCUT2D eigenvalue weighted by atomic mass is 32.1. The maximum atomic E-state index is 13.5. The predicted octanol–water partition coefficient (Wildman–Crippen LogP) is 4.30. The van der Waals surface area contributed by atoms with E-state index in [9.17, 15) is 9.59 Å². The molecule has 0 unspecified atom stereocenters. The van der Waals surface area contributed by atoms with Crippen molar-refractivity contribution in [2.75, 3.05) is 25.1 Å². The lowest BCUT2D eigenvalue weighted by molar-refractivity contribution is -0.125. The number of anilines is 1. The highest BCUT2D eigenvalue weighted by molar-refractivity contribution is 7.17. The summed E-state index contributed by atoms with van der Waals surface area (Å²) in [5.41, 5.74) is 3.55. The Morgan fingerprint density at radius 1 is 1.14 bits per heavy atom. The van der Waals surface area contributed by atoms with Gasteiger partial charge in [0.05, 0.1) is 24.2 Å². The van der Waals surface area contributed by atoms with Gasteiger partial charge in [0.25, 0.3) is 5.56 Å². The van der Waals surface area contributed by atoms with Gasteiger partial charge >= 0.3 is 0 Å². The summed E-state index contributed by atoms with van der Waals surface area (Å²) in [6, 6.07) is 17.5. The van der Waals surface area contributed by atoms with Crippen molar-refractivity contribution in [1.29, 1.82) is 0 Å². The van der Waals surface area contributed by atoms with Crippen LogP contribution in [0.1, 0.15) is 24.0 Å². The lowest BCUT2D eigenvalue weighted by Gasteiger charge is -2.34. The molecule has 180 valence electrons. The van der Waals surface area contributed by atoms with Gasteiger partial charge in [-0.25, -0.2) is 9.55 Å². The van der Waals surface area contributed by atoms with E-state index in [0.29, 0.717) is 29.3 Å². The summed E-state index contributed by atoms with van der Waals surface area (Å²) in [5, 5.41) is 4.97. The molecular weight excluding hydrogens is 460 g/mol. The van der Waals surface area contributed by atoms with Crippen LogP contribution in [-0.2, 0) is 11.3 Å². The number of fused-ring (bicyclic) bond motifs is 1. The van der Waals surface area contributed by atoms with E-state index in [-0.39, 0.29) is 17.4 Å². The summed E-state index contributed by atoms with van der Waals surface area (Å²) in [7, 11) is 1.63. The van der Waals surface area contributed by atoms with Gasteiger partial charge in [0, 0.05) is 19.6 Å². The zero-order valence-corrected chi connectivity index (χ0v) is 20.7. The van der Waals surface area contributed by atoms with Gasteiger partial charge in [-0.15, -0.1) is 11.3 Å². The maximum absolute atomic E-state index is 13.5. The Bertz CT molecular complexity index is 1390. The molecule has 1 amide bonds. The number of thiophene rings is 1. The van der Waals surface area contributed by atoms with Crippen molar-refractivity contribution in [3.8, 4) is 11.4 Å². The third kappa shape index (κ3) is 4.79. The number of methoxy groups -OCH3 is 1. The summed E-state index contributed by atoms with van der Waals surface area (Å²) in [4.78, 5) is 33.5. The Morgan fingerprint density at radius 3 is 2.66 bits per heavy atom. The number of nitrogens with one attached hydrogen (secondary N) is 1. The van der Waals surface area contributed by atoms with Crippen molar-refractivity contribution in [3.63, 3.8) is 0 Å². The van der Waals surface area contributed by atoms with Crippen LogP contribution in [0.25, 0.3) is 15.9 Å². The number of hydrogen-bond acceptors (Lipinski definition) is 6. The van der Waals surface area contributed by atoms with Crippen molar-refractivity contribution >= 4 is 33.4 Å². The molecule has 8 heteroatoms. The second-order valence-corrected chi connectivity index (χ2v) is 9.79. The molecule has 2 aromatic heterocycles. The van der Waals surface area contributed by atoms with E-state index in [1.165, 1.54) is 11.3 Å². The molecule has 5 rings (SSSR count). The van der Waals surface area contributed by atoms with E-state index in [4.69, 9.17) is 9.72 Å². The van der Waals surface area contributed by atoms with Crippen molar-refractivity contribution in [2.45, 2.75) is 26.3 Å². The normalized spacial score (nSPS) is 15.8. The minimum absolute atomic E-state index is 0.0198. The molecule has 1 aliphatic heterocycles. The molecule has 0 aliphatic carbocycles. The van der Waals surface area contributed by atoms with Crippen LogP contribution in [0.3, 0.4) is 0 Å². The van der Waals surface area contributed by atoms with E-state index >= 15 is 0 Å². The number of carbonyl (C=O) groups is 1. The first kappa shape index (κ1) is 23.1. The van der Waals surface area contributed by atoms with E-state index < -0.39 is 0 Å². The maximum Gasteiger partial charge on any atom is 0.277 e. The molecule has 1 aliphatic rings. The lowest BCUT2D eigenvalue weighted by atomic mass is 9.97. The fourth-order valence-corrected chi connectivity index (χ4v) is 5.25. The lowest BCUT2D eigenvalue weighted by Crippen LogP contribution is -2.45. The average Bonchev–Trinajstić information content (AvgIpc) is 3.37. The van der Waals surface area contributed by atoms with Crippen molar-refractivity contribution in [1.82, 2.24) is 14.9 Å². The van der Waals surface area contributed by atoms with Gasteiger partial charge in [-0.3, -0.25) is 9.59 Å². The van der Waals surface area contributed by atoms with Crippen molar-refractivity contribution in [2.24, 2.45) is 5.92 Å². The smallest absolute Gasteiger partial charge is 0.277 e. The molecule has 1 saturated heterocycles. The molecule has 0 saturated carbocycles. The largest absolute Gasteiger partial charge is 0.497 e. The fourth-order valence-electron chi connectivity index (χ4n) is 4.49. The summed E-state index contributed by atoms with van der Waals surface area (Å²) >= 11 is 1.41. The molecule has 1 N–H and O–H groups in total. The number of nitrogens with zero attached hydrogens (tertiary/aromatic N) is 3. The zero-order valence-electron chi connectivity index (χ0n) is 19.9. The third-order valence-electron chi connectivity index (χ3n) is 6.46. The van der Waals surface area contributed by atoms with E-state index in [2.05, 4.69) is 10.2 Å². The molecule has 0 bridgehead atoms. The summed E-state index contributed by atoms with van der Waals surface area (Å²) in [6.07, 6.45) is 1.66. The molecule has 3 heterocycles. The van der Waals surface area contributed by atoms with Crippen LogP contribution in [0, 0.1) is 12.8 Å². The number of benzene rings is 2. The number of amides is 1. The van der Waals surface area contributed by atoms with Crippen LogP contribution in [0.4, 0.5) is 5.95 Å². The Morgan fingerprint density at radius 2 is 1.91 bits per heavy atom. The number of aryl methyl sites for hydroxylation is 1. The average molecular weight is 489 g/mol. The highest BCUT2D eigenvalue weighted by Crippen LogP contribution is 2.27. The molecule has 0 radical (unpaired) electrons. The minimum Gasteiger partial charge on any atom is -0.497 e. The van der Waals surface area contributed by atoms with E-state index in [1.807, 2.05) is 66.9 Å². The van der Waals surface area contributed by atoms with Crippen LogP contribution in [0.5, 0.6) is 5.75 Å². The molecule has 4 aromatic rings. The number of aromatic nitrogens is 2. The van der Waals surface area contributed by atoms with Crippen LogP contribution >= 0.6 is 11.3 Å². The van der Waals surface area contributed by atoms with Crippen LogP contribution in [0.2, 0.25) is 0 Å². The SMILES string of the molecule is COc1ccc(CNC(=O)[C@H]2CCCN(c3nc4ccsc4c(=O)n3-c3ccc(C)cc3)C2)cc1. The Kier molecular flexibility index (Phi) is 6.55. The molecule has 35 heavy (non-hydrogen) atoms. The minimum atomic E-state index is -0.177. The summed E-state index contributed by atoms with van der Waals surface area (Å²) < 4.78 is 7.53. The van der Waals surface area contributed by atoms with Gasteiger partial charge in [-0.1, -0.05) is 29.8 Å². The molecule has 2 aromatic carbocycles. The van der Waals surface area contributed by atoms with Crippen LogP contribution in [0.15, 0.2) is 64.8 Å². The number of rotatable bonds is 6. The van der Waals surface area contributed by atoms with Gasteiger partial charge in [-0.05, 0) is 61.0 Å². The van der Waals surface area contributed by atoms with Crippen LogP contribution < -0.4 is 20.5 Å². The Hall–Kier alpha value is -3.65.